The van der Waals surface area contributed by atoms with Gasteiger partial charge in [-0.05, 0) is 36.3 Å². The molecule has 0 radical (unpaired) electrons. The number of hydrogen-bond acceptors (Lipinski definition) is 6. The van der Waals surface area contributed by atoms with Crippen LogP contribution in [0.3, 0.4) is 0 Å². The highest BCUT2D eigenvalue weighted by atomic mass is 32.1. The van der Waals surface area contributed by atoms with Crippen molar-refractivity contribution in [2.75, 3.05) is 5.32 Å². The molecule has 0 spiro atoms. The van der Waals surface area contributed by atoms with Crippen LogP contribution in [0.4, 0.5) is 6.01 Å². The van der Waals surface area contributed by atoms with Crippen molar-refractivity contribution in [3.63, 3.8) is 0 Å². The van der Waals surface area contributed by atoms with Gasteiger partial charge in [-0.1, -0.05) is 12.0 Å². The maximum atomic E-state index is 5.54. The van der Waals surface area contributed by atoms with Crippen LogP contribution < -0.4 is 10.6 Å². The van der Waals surface area contributed by atoms with Crippen LogP contribution in [0.5, 0.6) is 0 Å². The van der Waals surface area contributed by atoms with Crippen molar-refractivity contribution in [1.82, 2.24) is 15.5 Å². The molecular formula is C13H18N4OS. The average Bonchev–Trinajstić information content (AvgIpc) is 2.97. The summed E-state index contributed by atoms with van der Waals surface area (Å²) in [5.41, 5.74) is 1.38. The van der Waals surface area contributed by atoms with Crippen LogP contribution >= 0.6 is 11.3 Å². The van der Waals surface area contributed by atoms with Crippen molar-refractivity contribution in [2.24, 2.45) is 0 Å². The Morgan fingerprint density at radius 2 is 2.26 bits per heavy atom. The first-order valence-corrected chi connectivity index (χ1v) is 7.58. The zero-order valence-corrected chi connectivity index (χ0v) is 11.8. The molecule has 3 rings (SSSR count). The van der Waals surface area contributed by atoms with Crippen molar-refractivity contribution >= 4 is 17.4 Å². The minimum atomic E-state index is 0.503. The number of aromatic nitrogens is 2. The van der Waals surface area contributed by atoms with E-state index in [9.17, 15) is 0 Å². The zero-order chi connectivity index (χ0) is 13.1. The van der Waals surface area contributed by atoms with E-state index in [1.165, 1.54) is 23.3 Å². The van der Waals surface area contributed by atoms with Crippen LogP contribution in [0.2, 0.25) is 0 Å². The SMILES string of the molecule is CCc1ccsc1CNc1nnc(CNC2CC2)o1. The van der Waals surface area contributed by atoms with Crippen LogP contribution in [0.25, 0.3) is 0 Å². The van der Waals surface area contributed by atoms with E-state index in [4.69, 9.17) is 4.42 Å². The van der Waals surface area contributed by atoms with E-state index in [0.717, 1.165) is 13.0 Å². The lowest BCUT2D eigenvalue weighted by Crippen LogP contribution is -2.15. The van der Waals surface area contributed by atoms with Crippen LogP contribution in [0, 0.1) is 0 Å². The molecule has 6 heteroatoms. The summed E-state index contributed by atoms with van der Waals surface area (Å²) in [7, 11) is 0. The summed E-state index contributed by atoms with van der Waals surface area (Å²) < 4.78 is 5.54. The average molecular weight is 278 g/mol. The minimum Gasteiger partial charge on any atom is -0.407 e. The Labute approximate surface area is 116 Å². The van der Waals surface area contributed by atoms with Crippen LogP contribution in [-0.2, 0) is 19.5 Å². The monoisotopic (exact) mass is 278 g/mol. The Kier molecular flexibility index (Phi) is 3.79. The molecule has 102 valence electrons. The van der Waals surface area contributed by atoms with E-state index >= 15 is 0 Å². The van der Waals surface area contributed by atoms with Crippen molar-refractivity contribution < 1.29 is 4.42 Å². The van der Waals surface area contributed by atoms with E-state index in [2.05, 4.69) is 39.2 Å². The lowest BCUT2D eigenvalue weighted by Gasteiger charge is -2.01. The Balaban J connectivity index is 1.51. The number of anilines is 1. The van der Waals surface area contributed by atoms with Gasteiger partial charge in [-0.3, -0.25) is 0 Å². The molecule has 0 bridgehead atoms. The largest absolute Gasteiger partial charge is 0.407 e. The molecular weight excluding hydrogens is 260 g/mol. The molecule has 0 atom stereocenters. The molecule has 5 nitrogen and oxygen atoms in total. The van der Waals surface area contributed by atoms with E-state index in [-0.39, 0.29) is 0 Å². The standard InChI is InChI=1S/C13H18N4OS/c1-2-9-5-6-19-11(9)7-15-13-17-16-12(18-13)8-14-10-3-4-10/h5-6,10,14H,2-4,7-8H2,1H3,(H,15,17). The number of hydrogen-bond donors (Lipinski definition) is 2. The van der Waals surface area contributed by atoms with Gasteiger partial charge in [0, 0.05) is 10.9 Å². The van der Waals surface area contributed by atoms with E-state index < -0.39 is 0 Å². The van der Waals surface area contributed by atoms with Gasteiger partial charge in [-0.2, -0.15) is 0 Å². The maximum Gasteiger partial charge on any atom is 0.315 e. The third-order valence-electron chi connectivity index (χ3n) is 3.20. The number of rotatable bonds is 7. The fourth-order valence-corrected chi connectivity index (χ4v) is 2.82. The molecule has 0 amide bonds. The molecule has 2 heterocycles. The lowest BCUT2D eigenvalue weighted by molar-refractivity contribution is 0.476. The Hall–Kier alpha value is -1.40. The van der Waals surface area contributed by atoms with Gasteiger partial charge in [0.2, 0.25) is 5.89 Å². The highest BCUT2D eigenvalue weighted by Gasteiger charge is 2.21. The van der Waals surface area contributed by atoms with E-state index in [0.29, 0.717) is 24.5 Å². The summed E-state index contributed by atoms with van der Waals surface area (Å²) in [6, 6.07) is 3.32. The molecule has 1 saturated carbocycles. The summed E-state index contributed by atoms with van der Waals surface area (Å²) in [6.45, 7) is 3.58. The second kappa shape index (κ2) is 5.71. The second-order valence-electron chi connectivity index (χ2n) is 4.73. The van der Waals surface area contributed by atoms with Crippen molar-refractivity contribution in [2.45, 2.75) is 45.3 Å². The van der Waals surface area contributed by atoms with Gasteiger partial charge in [0.05, 0.1) is 13.1 Å². The fourth-order valence-electron chi connectivity index (χ4n) is 1.91. The number of nitrogens with zero attached hydrogens (tertiary/aromatic N) is 2. The van der Waals surface area contributed by atoms with Crippen LogP contribution in [-0.4, -0.2) is 16.2 Å². The summed E-state index contributed by atoms with van der Waals surface area (Å²) in [5, 5.41) is 16.7. The molecule has 1 aliphatic rings. The first-order valence-electron chi connectivity index (χ1n) is 6.70. The Morgan fingerprint density at radius 3 is 3.05 bits per heavy atom. The number of aryl methyl sites for hydroxylation is 1. The fraction of sp³-hybridized carbons (Fsp3) is 0.538. The van der Waals surface area contributed by atoms with Crippen LogP contribution in [0.1, 0.15) is 36.1 Å². The molecule has 2 aromatic rings. The topological polar surface area (TPSA) is 63.0 Å². The van der Waals surface area contributed by atoms with Gasteiger partial charge in [0.1, 0.15) is 0 Å². The van der Waals surface area contributed by atoms with Gasteiger partial charge < -0.3 is 15.1 Å². The summed E-state index contributed by atoms with van der Waals surface area (Å²) in [5.74, 6) is 0.649. The van der Waals surface area contributed by atoms with Gasteiger partial charge in [0.15, 0.2) is 0 Å². The minimum absolute atomic E-state index is 0.503. The number of thiophene rings is 1. The molecule has 0 aromatic carbocycles. The summed E-state index contributed by atoms with van der Waals surface area (Å²) in [4.78, 5) is 1.33. The Morgan fingerprint density at radius 1 is 1.37 bits per heavy atom. The molecule has 1 fully saturated rings. The zero-order valence-electron chi connectivity index (χ0n) is 11.0. The third kappa shape index (κ3) is 3.33. The predicted octanol–water partition coefficient (Wildman–Crippen LogP) is 2.56. The highest BCUT2D eigenvalue weighted by molar-refractivity contribution is 7.10. The second-order valence-corrected chi connectivity index (χ2v) is 5.73. The smallest absolute Gasteiger partial charge is 0.315 e. The quantitative estimate of drug-likeness (QED) is 0.815. The molecule has 2 N–H and O–H groups in total. The van der Waals surface area contributed by atoms with Gasteiger partial charge in [-0.25, -0.2) is 0 Å². The van der Waals surface area contributed by atoms with Crippen molar-refractivity contribution in [3.8, 4) is 0 Å². The highest BCUT2D eigenvalue weighted by Crippen LogP contribution is 2.20. The molecule has 0 saturated heterocycles. The summed E-state index contributed by atoms with van der Waals surface area (Å²) >= 11 is 1.76. The first kappa shape index (κ1) is 12.6. The molecule has 1 aliphatic carbocycles. The van der Waals surface area contributed by atoms with Crippen molar-refractivity contribution in [1.29, 1.82) is 0 Å². The molecule has 0 aliphatic heterocycles. The van der Waals surface area contributed by atoms with E-state index in [1.54, 1.807) is 11.3 Å². The maximum absolute atomic E-state index is 5.54. The third-order valence-corrected chi connectivity index (χ3v) is 4.17. The van der Waals surface area contributed by atoms with Gasteiger partial charge in [-0.15, -0.1) is 16.4 Å². The van der Waals surface area contributed by atoms with Gasteiger partial charge >= 0.3 is 6.01 Å². The van der Waals surface area contributed by atoms with E-state index in [1.807, 2.05) is 0 Å². The van der Waals surface area contributed by atoms with Crippen LogP contribution in [0.15, 0.2) is 15.9 Å². The van der Waals surface area contributed by atoms with Gasteiger partial charge in [0.25, 0.3) is 0 Å². The van der Waals surface area contributed by atoms with Crippen molar-refractivity contribution in [3.05, 3.63) is 27.8 Å². The lowest BCUT2D eigenvalue weighted by atomic mass is 10.2. The number of nitrogens with one attached hydrogen (secondary N) is 2. The molecule has 0 unspecified atom stereocenters. The molecule has 2 aromatic heterocycles. The Bertz CT molecular complexity index is 532. The molecule has 19 heavy (non-hydrogen) atoms. The first-order chi connectivity index (χ1) is 9.35. The summed E-state index contributed by atoms with van der Waals surface area (Å²) in [6.07, 6.45) is 3.58. The predicted molar refractivity (Wildman–Crippen MR) is 75.2 cm³/mol. The normalized spacial score (nSPS) is 14.8.